The van der Waals surface area contributed by atoms with Gasteiger partial charge in [-0.2, -0.15) is 11.8 Å². The second-order valence-electron chi connectivity index (χ2n) is 3.80. The first-order chi connectivity index (χ1) is 7.40. The monoisotopic (exact) mass is 223 g/mol. The minimum absolute atomic E-state index is 0.552. The summed E-state index contributed by atoms with van der Waals surface area (Å²) in [7, 11) is 0. The minimum atomic E-state index is 0.552. The first-order valence-corrected chi connectivity index (χ1v) is 6.53. The highest BCUT2D eigenvalue weighted by Gasteiger charge is 2.14. The number of anilines is 1. The van der Waals surface area contributed by atoms with E-state index >= 15 is 0 Å². The van der Waals surface area contributed by atoms with E-state index < -0.39 is 0 Å². The maximum atomic E-state index is 5.67. The van der Waals surface area contributed by atoms with Gasteiger partial charge in [-0.3, -0.25) is 4.98 Å². The van der Waals surface area contributed by atoms with Crippen LogP contribution in [0.5, 0.6) is 0 Å². The van der Waals surface area contributed by atoms with Crippen molar-refractivity contribution in [3.05, 3.63) is 24.0 Å². The Kier molecular flexibility index (Phi) is 3.86. The third-order valence-corrected chi connectivity index (χ3v) is 3.86. The Morgan fingerprint density at radius 3 is 3.27 bits per heavy atom. The fraction of sp³-hybridized carbons (Fsp3) is 0.545. The van der Waals surface area contributed by atoms with Crippen molar-refractivity contribution in [2.75, 3.05) is 16.8 Å². The predicted octanol–water partition coefficient (Wildman–Crippen LogP) is 1.85. The van der Waals surface area contributed by atoms with E-state index in [0.717, 1.165) is 11.3 Å². The van der Waals surface area contributed by atoms with Gasteiger partial charge >= 0.3 is 0 Å². The minimum Gasteiger partial charge on any atom is -0.381 e. The molecule has 1 aromatic rings. The van der Waals surface area contributed by atoms with Crippen LogP contribution in [0, 0.1) is 0 Å². The molecule has 0 bridgehead atoms. The van der Waals surface area contributed by atoms with Gasteiger partial charge in [0.2, 0.25) is 0 Å². The Balaban J connectivity index is 2.02. The molecule has 1 saturated heterocycles. The summed E-state index contributed by atoms with van der Waals surface area (Å²) >= 11 is 2.03. The summed E-state index contributed by atoms with van der Waals surface area (Å²) in [5.74, 6) is 2.50. The number of nitrogens with zero attached hydrogens (tertiary/aromatic N) is 1. The second-order valence-corrected chi connectivity index (χ2v) is 4.95. The highest BCUT2D eigenvalue weighted by Crippen LogP contribution is 2.22. The lowest BCUT2D eigenvalue weighted by Crippen LogP contribution is -2.26. The SMILES string of the molecule is NCc1cnccc1NC1CCCSC1. The molecule has 1 fully saturated rings. The van der Waals surface area contributed by atoms with Gasteiger partial charge in [-0.05, 0) is 24.7 Å². The molecule has 0 saturated carbocycles. The standard InChI is InChI=1S/C11H17N3S/c12-6-9-7-13-4-3-11(9)14-10-2-1-5-15-8-10/h3-4,7,10H,1-2,5-6,8,12H2,(H,13,14). The Morgan fingerprint density at radius 2 is 2.53 bits per heavy atom. The van der Waals surface area contributed by atoms with Crippen molar-refractivity contribution in [3.8, 4) is 0 Å². The molecular formula is C11H17N3S. The fourth-order valence-electron chi connectivity index (χ4n) is 1.81. The first kappa shape index (κ1) is 10.8. The molecule has 0 aliphatic carbocycles. The lowest BCUT2D eigenvalue weighted by atomic mass is 10.1. The number of nitrogens with one attached hydrogen (secondary N) is 1. The molecule has 0 aromatic carbocycles. The second kappa shape index (κ2) is 5.37. The van der Waals surface area contributed by atoms with Crippen LogP contribution in [-0.2, 0) is 6.54 Å². The van der Waals surface area contributed by atoms with Crippen molar-refractivity contribution in [3.63, 3.8) is 0 Å². The van der Waals surface area contributed by atoms with E-state index in [1.165, 1.54) is 24.3 Å². The summed E-state index contributed by atoms with van der Waals surface area (Å²) in [6.45, 7) is 0.552. The third kappa shape index (κ3) is 2.86. The zero-order valence-corrected chi connectivity index (χ0v) is 9.59. The van der Waals surface area contributed by atoms with Crippen molar-refractivity contribution in [1.29, 1.82) is 0 Å². The summed E-state index contributed by atoms with van der Waals surface area (Å²) in [4.78, 5) is 4.08. The molecule has 0 amide bonds. The number of rotatable bonds is 3. The topological polar surface area (TPSA) is 50.9 Å². The lowest BCUT2D eigenvalue weighted by Gasteiger charge is -2.24. The summed E-state index contributed by atoms with van der Waals surface area (Å²) in [6.07, 6.45) is 6.24. The average Bonchev–Trinajstić information content (AvgIpc) is 2.31. The number of pyridine rings is 1. The highest BCUT2D eigenvalue weighted by molar-refractivity contribution is 7.99. The van der Waals surface area contributed by atoms with Gasteiger partial charge in [-0.1, -0.05) is 0 Å². The molecule has 1 aliphatic heterocycles. The zero-order valence-electron chi connectivity index (χ0n) is 8.78. The third-order valence-electron chi connectivity index (χ3n) is 2.64. The first-order valence-electron chi connectivity index (χ1n) is 5.37. The van der Waals surface area contributed by atoms with Gasteiger partial charge in [0.1, 0.15) is 0 Å². The van der Waals surface area contributed by atoms with Gasteiger partial charge < -0.3 is 11.1 Å². The largest absolute Gasteiger partial charge is 0.381 e. The van der Waals surface area contributed by atoms with E-state index in [2.05, 4.69) is 10.3 Å². The van der Waals surface area contributed by atoms with Crippen LogP contribution in [0.1, 0.15) is 18.4 Å². The number of aromatic nitrogens is 1. The molecule has 0 radical (unpaired) electrons. The van der Waals surface area contributed by atoms with Crippen LogP contribution >= 0.6 is 11.8 Å². The Hall–Kier alpha value is -0.740. The molecule has 82 valence electrons. The predicted molar refractivity (Wildman–Crippen MR) is 66.1 cm³/mol. The smallest absolute Gasteiger partial charge is 0.0419 e. The molecule has 0 spiro atoms. The molecule has 15 heavy (non-hydrogen) atoms. The summed E-state index contributed by atoms with van der Waals surface area (Å²) < 4.78 is 0. The fourth-order valence-corrected chi connectivity index (χ4v) is 2.88. The molecule has 2 heterocycles. The molecular weight excluding hydrogens is 206 g/mol. The normalized spacial score (nSPS) is 21.3. The van der Waals surface area contributed by atoms with Gasteiger partial charge in [0, 0.05) is 42.0 Å². The van der Waals surface area contributed by atoms with Crippen LogP contribution in [0.2, 0.25) is 0 Å². The van der Waals surface area contributed by atoms with E-state index in [4.69, 9.17) is 5.73 Å². The Labute approximate surface area is 94.8 Å². The van der Waals surface area contributed by atoms with Crippen molar-refractivity contribution >= 4 is 17.4 Å². The molecule has 1 atom stereocenters. The summed E-state index contributed by atoms with van der Waals surface area (Å²) in [6, 6.07) is 2.61. The Morgan fingerprint density at radius 1 is 1.60 bits per heavy atom. The van der Waals surface area contributed by atoms with Gasteiger partial charge in [0.25, 0.3) is 0 Å². The van der Waals surface area contributed by atoms with Gasteiger partial charge in [-0.15, -0.1) is 0 Å². The van der Waals surface area contributed by atoms with Crippen molar-refractivity contribution in [2.45, 2.75) is 25.4 Å². The number of hydrogen-bond donors (Lipinski definition) is 2. The summed E-state index contributed by atoms with van der Waals surface area (Å²) in [5.41, 5.74) is 7.93. The van der Waals surface area contributed by atoms with Gasteiger partial charge in [0.05, 0.1) is 0 Å². The molecule has 1 aromatic heterocycles. The van der Waals surface area contributed by atoms with Crippen LogP contribution < -0.4 is 11.1 Å². The van der Waals surface area contributed by atoms with Gasteiger partial charge in [-0.25, -0.2) is 0 Å². The van der Waals surface area contributed by atoms with Crippen molar-refractivity contribution < 1.29 is 0 Å². The lowest BCUT2D eigenvalue weighted by molar-refractivity contribution is 0.684. The zero-order chi connectivity index (χ0) is 10.5. The maximum Gasteiger partial charge on any atom is 0.0419 e. The van der Waals surface area contributed by atoms with E-state index in [0.29, 0.717) is 12.6 Å². The van der Waals surface area contributed by atoms with E-state index in [1.54, 1.807) is 0 Å². The summed E-state index contributed by atoms with van der Waals surface area (Å²) in [5, 5.41) is 3.56. The number of hydrogen-bond acceptors (Lipinski definition) is 4. The van der Waals surface area contributed by atoms with Crippen LogP contribution in [0.3, 0.4) is 0 Å². The maximum absolute atomic E-state index is 5.67. The average molecular weight is 223 g/mol. The molecule has 3 N–H and O–H groups in total. The molecule has 4 heteroatoms. The van der Waals surface area contributed by atoms with Crippen LogP contribution in [-0.4, -0.2) is 22.5 Å². The molecule has 3 nitrogen and oxygen atoms in total. The highest BCUT2D eigenvalue weighted by atomic mass is 32.2. The molecule has 2 rings (SSSR count). The van der Waals surface area contributed by atoms with Crippen LogP contribution in [0.25, 0.3) is 0 Å². The number of thioether (sulfide) groups is 1. The van der Waals surface area contributed by atoms with Gasteiger partial charge in [0.15, 0.2) is 0 Å². The molecule has 1 unspecified atom stereocenters. The van der Waals surface area contributed by atoms with E-state index in [1.807, 2.05) is 30.2 Å². The van der Waals surface area contributed by atoms with Crippen molar-refractivity contribution in [2.24, 2.45) is 5.73 Å². The quantitative estimate of drug-likeness (QED) is 0.821. The van der Waals surface area contributed by atoms with Crippen LogP contribution in [0.15, 0.2) is 18.5 Å². The van der Waals surface area contributed by atoms with E-state index in [-0.39, 0.29) is 0 Å². The van der Waals surface area contributed by atoms with Crippen LogP contribution in [0.4, 0.5) is 5.69 Å². The number of nitrogens with two attached hydrogens (primary N) is 1. The van der Waals surface area contributed by atoms with E-state index in [9.17, 15) is 0 Å². The van der Waals surface area contributed by atoms with Crippen molar-refractivity contribution in [1.82, 2.24) is 4.98 Å². The molecule has 1 aliphatic rings. The Bertz CT molecular complexity index is 310.